The predicted molar refractivity (Wildman–Crippen MR) is 153 cm³/mol. The first-order valence-corrected chi connectivity index (χ1v) is 12.4. The Hall–Kier alpha value is -1.10. The summed E-state index contributed by atoms with van der Waals surface area (Å²) >= 11 is 3.11. The van der Waals surface area contributed by atoms with Crippen LogP contribution in [0.4, 0.5) is 8.78 Å². The number of aromatic amines is 2. The Balaban J connectivity index is 0.000000581. The summed E-state index contributed by atoms with van der Waals surface area (Å²) in [4.78, 5) is 17.3. The van der Waals surface area contributed by atoms with Crippen LogP contribution in [0.2, 0.25) is 0 Å². The van der Waals surface area contributed by atoms with Crippen LogP contribution < -0.4 is 108 Å². The van der Waals surface area contributed by atoms with Gasteiger partial charge in [0.1, 0.15) is 23.2 Å². The molecule has 2 aromatic heterocycles. The van der Waals surface area contributed by atoms with Gasteiger partial charge >= 0.3 is 110 Å². The number of nitrogens with one attached hydrogen (secondary N) is 2. The van der Waals surface area contributed by atoms with Crippen molar-refractivity contribution in [1.29, 1.82) is 0 Å². The molecule has 3 aromatic carbocycles. The molecule has 0 fully saturated rings. The number of allylic oxidation sites excluding steroid dienone is 6. The third kappa shape index (κ3) is 12.1. The fraction of sp³-hybridized carbons (Fsp3) is 0. The molecule has 2 heterocycles. The second-order valence-corrected chi connectivity index (χ2v) is 8.83. The molecule has 7 nitrogen and oxygen atoms in total. The van der Waals surface area contributed by atoms with E-state index in [2.05, 4.69) is 36.9 Å². The topological polar surface area (TPSA) is 121 Å². The van der Waals surface area contributed by atoms with Gasteiger partial charge in [0.05, 0.1) is 4.47 Å². The van der Waals surface area contributed by atoms with Gasteiger partial charge in [-0.25, -0.2) is 8.78 Å². The van der Waals surface area contributed by atoms with Crippen LogP contribution in [0.15, 0.2) is 113 Å². The molecular formula is C29H23BBrF2K2N2O5+. The van der Waals surface area contributed by atoms with Gasteiger partial charge in [0.15, 0.2) is 0 Å². The molecule has 0 saturated heterocycles. The van der Waals surface area contributed by atoms with Gasteiger partial charge in [-0.3, -0.25) is 4.79 Å². The Kier molecular flexibility index (Phi) is 19.3. The maximum atomic E-state index is 13.9. The van der Waals surface area contributed by atoms with E-state index in [-0.39, 0.29) is 122 Å². The number of hydrogen-bond donors (Lipinski definition) is 4. The fourth-order valence-electron chi connectivity index (χ4n) is 3.53. The molecule has 6 rings (SSSR count). The third-order valence-corrected chi connectivity index (χ3v) is 5.98. The van der Waals surface area contributed by atoms with E-state index in [9.17, 15) is 8.78 Å². The normalized spacial score (nSPS) is 10.6. The summed E-state index contributed by atoms with van der Waals surface area (Å²) in [6, 6.07) is 19.9. The van der Waals surface area contributed by atoms with Gasteiger partial charge in [0, 0.05) is 64.1 Å². The second-order valence-electron chi connectivity index (χ2n) is 7.98. The molecule has 0 aliphatic heterocycles. The number of halogens is 3. The van der Waals surface area contributed by atoms with Gasteiger partial charge in [0.2, 0.25) is 0 Å². The molecule has 204 valence electrons. The summed E-state index contributed by atoms with van der Waals surface area (Å²) in [5.74, 6) is -0.407. The number of benzene rings is 3. The Morgan fingerprint density at radius 3 is 1.98 bits per heavy atom. The molecule has 0 bridgehead atoms. The smallest absolute Gasteiger partial charge is 1.00 e. The zero-order valence-corrected chi connectivity index (χ0v) is 30.6. The number of fused-ring (bicyclic) bond motifs is 2. The quantitative estimate of drug-likeness (QED) is 0.0669. The van der Waals surface area contributed by atoms with Crippen LogP contribution >= 0.6 is 15.9 Å². The average molecular weight is 686 g/mol. The molecule has 0 radical (unpaired) electrons. The first-order valence-electron chi connectivity index (χ1n) is 11.6. The van der Waals surface area contributed by atoms with E-state index >= 15 is 0 Å². The van der Waals surface area contributed by atoms with Crippen molar-refractivity contribution in [2.24, 2.45) is 0 Å². The van der Waals surface area contributed by atoms with E-state index in [0.29, 0.717) is 15.5 Å². The minimum absolute atomic E-state index is 0. The van der Waals surface area contributed by atoms with Crippen molar-refractivity contribution < 1.29 is 138 Å². The fourth-order valence-corrected chi connectivity index (χ4v) is 3.87. The van der Waals surface area contributed by atoms with E-state index in [1.165, 1.54) is 6.07 Å². The van der Waals surface area contributed by atoms with E-state index in [0.717, 1.165) is 27.4 Å². The predicted octanol–water partition coefficient (Wildman–Crippen LogP) is -0.547. The SMILES string of the molecule is Fc1cc2cc[nH]c2cc1-c1ccccc1.Fc1cc2cc[nH]c2cc1Br.O=CO[O-].OB(O)C1=CC=CC=[C+]1.[H-].[K+].[K+]. The molecule has 13 heteroatoms. The van der Waals surface area contributed by atoms with Gasteiger partial charge in [0.25, 0.3) is 6.47 Å². The molecule has 0 atom stereocenters. The summed E-state index contributed by atoms with van der Waals surface area (Å²) in [5, 5.41) is 27.3. The van der Waals surface area contributed by atoms with E-state index in [4.69, 9.17) is 20.1 Å². The van der Waals surface area contributed by atoms with Gasteiger partial charge in [-0.05, 0) is 57.9 Å². The zero-order chi connectivity index (χ0) is 28.9. The largest absolute Gasteiger partial charge is 1.00 e. The molecule has 5 aromatic rings. The molecule has 4 N–H and O–H groups in total. The Bertz CT molecular complexity index is 1610. The van der Waals surface area contributed by atoms with Crippen molar-refractivity contribution in [2.45, 2.75) is 0 Å². The number of rotatable bonds is 3. The first-order chi connectivity index (χ1) is 19.3. The van der Waals surface area contributed by atoms with E-state index < -0.39 is 7.12 Å². The first kappa shape index (κ1) is 38.9. The van der Waals surface area contributed by atoms with Crippen molar-refractivity contribution >= 4 is 51.3 Å². The number of H-pyrrole nitrogens is 2. The van der Waals surface area contributed by atoms with Crippen LogP contribution in [0.5, 0.6) is 0 Å². The van der Waals surface area contributed by atoms with Crippen LogP contribution in [-0.4, -0.2) is 33.6 Å². The summed E-state index contributed by atoms with van der Waals surface area (Å²) in [6.07, 6.45) is 13.0. The second kappa shape index (κ2) is 20.8. The zero-order valence-electron chi connectivity index (χ0n) is 23.7. The Morgan fingerprint density at radius 2 is 1.48 bits per heavy atom. The number of carbonyl (C=O) groups excluding carboxylic acids is 1. The Labute approximate surface area is 336 Å². The van der Waals surface area contributed by atoms with Gasteiger partial charge < -0.3 is 31.6 Å². The maximum absolute atomic E-state index is 13.9. The van der Waals surface area contributed by atoms with Crippen molar-refractivity contribution in [2.75, 3.05) is 0 Å². The van der Waals surface area contributed by atoms with Gasteiger partial charge in [-0.15, -0.1) is 0 Å². The molecule has 0 saturated carbocycles. The molecule has 1 aliphatic carbocycles. The van der Waals surface area contributed by atoms with Crippen LogP contribution in [0, 0.1) is 17.7 Å². The Morgan fingerprint density at radius 1 is 0.905 bits per heavy atom. The minimum atomic E-state index is -1.40. The summed E-state index contributed by atoms with van der Waals surface area (Å²) in [7, 11) is -1.40. The van der Waals surface area contributed by atoms with Crippen molar-refractivity contribution in [3.63, 3.8) is 0 Å². The molecule has 42 heavy (non-hydrogen) atoms. The van der Waals surface area contributed by atoms with Crippen LogP contribution in [0.25, 0.3) is 32.9 Å². The number of carbonyl (C=O) groups is 1. The monoisotopic (exact) mass is 685 g/mol. The number of aromatic nitrogens is 2. The molecule has 0 unspecified atom stereocenters. The average Bonchev–Trinajstić information content (AvgIpc) is 3.63. The minimum Gasteiger partial charge on any atom is -1.00 e. The van der Waals surface area contributed by atoms with Crippen molar-refractivity contribution in [3.05, 3.63) is 131 Å². The summed E-state index contributed by atoms with van der Waals surface area (Å²) in [6.45, 7) is -0.181. The van der Waals surface area contributed by atoms with Crippen LogP contribution in [0.3, 0.4) is 0 Å². The summed E-state index contributed by atoms with van der Waals surface area (Å²) in [5.41, 5.74) is 3.84. The van der Waals surface area contributed by atoms with Gasteiger partial charge in [-0.2, -0.15) is 0 Å². The van der Waals surface area contributed by atoms with E-state index in [1.54, 1.807) is 42.6 Å². The molecule has 0 amide bonds. The number of hydrogen-bond acceptors (Lipinski definition) is 5. The molecule has 0 spiro atoms. The third-order valence-electron chi connectivity index (χ3n) is 5.37. The van der Waals surface area contributed by atoms with Crippen molar-refractivity contribution in [3.8, 4) is 11.1 Å². The van der Waals surface area contributed by atoms with Crippen LogP contribution in [-0.2, 0) is 9.68 Å². The van der Waals surface area contributed by atoms with Crippen LogP contribution in [0.1, 0.15) is 1.43 Å². The van der Waals surface area contributed by atoms with Gasteiger partial charge in [-0.1, -0.05) is 30.3 Å². The maximum Gasteiger partial charge on any atom is 1.00 e. The standard InChI is InChI=1S/C14H10FN.C8H5BrFN.C6H6BO2.CH2O3.2K.H/c15-13-8-11-6-7-16-14(11)9-12(13)10-4-2-1-3-5-10;9-6-4-8-5(1-2-11-8)3-7(6)10;8-7(9)6-4-2-1-3-5-6;2-1-4-3;;;/h1-9,16H;1-4,11H;1-4,8-9H;1,3H;;;/q;;+1;;2*+1;-1/p-1. The van der Waals surface area contributed by atoms with Crippen molar-refractivity contribution in [1.82, 2.24) is 9.97 Å². The summed E-state index contributed by atoms with van der Waals surface area (Å²) < 4.78 is 27.2. The molecule has 1 aliphatic rings. The molecular weight excluding hydrogens is 663 g/mol. The van der Waals surface area contributed by atoms with E-state index in [1.807, 2.05) is 54.7 Å².